The molecule has 1 N–H and O–H groups in total. The zero-order valence-corrected chi connectivity index (χ0v) is 23.6. The van der Waals surface area contributed by atoms with Crippen LogP contribution in [0.3, 0.4) is 0 Å². The van der Waals surface area contributed by atoms with Crippen LogP contribution in [0.15, 0.2) is 109 Å². The number of halogens is 3. The summed E-state index contributed by atoms with van der Waals surface area (Å²) >= 11 is 0. The van der Waals surface area contributed by atoms with Gasteiger partial charge in [-0.15, -0.1) is 35.9 Å². The molecule has 1 aromatic heterocycles. The molecule has 1 radical (unpaired) electrons. The Morgan fingerprint density at radius 1 is 0.923 bits per heavy atom. The maximum atomic E-state index is 12.8. The summed E-state index contributed by atoms with van der Waals surface area (Å²) in [5.41, 5.74) is 11.5. The average Bonchev–Trinajstić information content (AvgIpc) is 2.93. The van der Waals surface area contributed by atoms with Crippen LogP contribution < -0.4 is 0 Å². The minimum Gasteiger partial charge on any atom is -0.705 e. The first-order valence-corrected chi connectivity index (χ1v) is 11.7. The molecule has 39 heavy (non-hydrogen) atoms. The summed E-state index contributed by atoms with van der Waals surface area (Å²) in [6.07, 6.45) is 0.515. The van der Waals surface area contributed by atoms with Crippen molar-refractivity contribution in [2.45, 2.75) is 26.4 Å². The summed E-state index contributed by atoms with van der Waals surface area (Å²) in [7, 11) is 0. The molecule has 4 rings (SSSR count). The van der Waals surface area contributed by atoms with Gasteiger partial charge in [0.15, 0.2) is 0 Å². The molecule has 0 bridgehead atoms. The number of nitrogens with one attached hydrogen (secondary N) is 1. The predicted octanol–water partition coefficient (Wildman–Crippen LogP) is 9.84. The fraction of sp³-hybridized carbons (Fsp3) is 0.121. The van der Waals surface area contributed by atoms with Crippen LogP contribution in [0.25, 0.3) is 22.6 Å². The number of aromatic nitrogens is 1. The summed E-state index contributed by atoms with van der Waals surface area (Å²) in [5, 5.41) is 0. The Morgan fingerprint density at radius 3 is 2.15 bits per heavy atom. The number of benzene rings is 3. The topological polar surface area (TPSA) is 36.7 Å². The molecule has 0 saturated heterocycles. The van der Waals surface area contributed by atoms with Crippen LogP contribution in [0.1, 0.15) is 29.3 Å². The van der Waals surface area contributed by atoms with Gasteiger partial charge >= 0.3 is 23.5 Å². The van der Waals surface area contributed by atoms with Gasteiger partial charge in [0.2, 0.25) is 0 Å². The number of nitrogens with zero attached hydrogens (tertiary/aromatic N) is 1. The fourth-order valence-corrected chi connectivity index (χ4v) is 3.27. The number of allylic oxidation sites excluding steroid dienone is 3. The molecular weight excluding hydrogens is 533 g/mol. The van der Waals surface area contributed by atoms with Gasteiger partial charge in [-0.25, -0.2) is 0 Å². The van der Waals surface area contributed by atoms with E-state index in [1.807, 2.05) is 67.6 Å². The molecule has 1 heterocycles. The Balaban J connectivity index is 0.000000729. The van der Waals surface area contributed by atoms with E-state index in [-0.39, 0.29) is 24.8 Å². The first-order chi connectivity index (χ1) is 17.9. The molecule has 0 unspecified atom stereocenters. The van der Waals surface area contributed by atoms with E-state index in [0.29, 0.717) is 17.6 Å². The number of aryl methyl sites for hydroxylation is 1. The van der Waals surface area contributed by atoms with E-state index in [1.54, 1.807) is 25.1 Å². The normalized spacial score (nSPS) is 10.7. The van der Waals surface area contributed by atoms with E-state index in [4.69, 9.17) is 5.73 Å². The van der Waals surface area contributed by atoms with Crippen molar-refractivity contribution >= 4 is 5.57 Å². The average molecular weight is 566 g/mol. The maximum absolute atomic E-state index is 12.8. The molecule has 0 atom stereocenters. The first-order valence-electron chi connectivity index (χ1n) is 11.7. The van der Waals surface area contributed by atoms with Gasteiger partial charge in [-0.05, 0) is 48.4 Å². The largest absolute Gasteiger partial charge is 5.00 e. The molecule has 2 nitrogen and oxygen atoms in total. The quantitative estimate of drug-likeness (QED) is 0.175. The van der Waals surface area contributed by atoms with E-state index in [1.165, 1.54) is 12.1 Å². The van der Waals surface area contributed by atoms with Gasteiger partial charge in [0.1, 0.15) is 0 Å². The summed E-state index contributed by atoms with van der Waals surface area (Å²) < 4.78 is 38.4. The molecule has 0 saturated carbocycles. The monoisotopic (exact) mass is 565 g/mol. The number of hydrogen-bond acceptors (Lipinski definition) is 1. The number of rotatable bonds is 5. The molecular formula is C33H32CrF3N2. The fourth-order valence-electron chi connectivity index (χ4n) is 3.27. The van der Waals surface area contributed by atoms with E-state index in [2.05, 4.69) is 24.0 Å². The number of alkyl halides is 3. The summed E-state index contributed by atoms with van der Waals surface area (Å²) in [4.78, 5) is 4.41. The summed E-state index contributed by atoms with van der Waals surface area (Å²) in [5.74, 6) is 0. The Labute approximate surface area is 242 Å². The van der Waals surface area contributed by atoms with Crippen LogP contribution in [0, 0.1) is 33.4 Å². The second-order valence-electron chi connectivity index (χ2n) is 7.60. The second kappa shape index (κ2) is 18.6. The van der Waals surface area contributed by atoms with Crippen molar-refractivity contribution in [2.24, 2.45) is 0 Å². The standard InChI is InChI=1S/C18H14F3N.C12H10N.C2H5.CH3.Cr/c19-18(20,21)17-8-4-7-16(13-17)15(11-12-22)10-9-14-5-2-1-3-6-14;1-10-6-5-9-12(13-10)11-7-3-2-4-8-11;1-2;;/h1-5,7-8,10-13,22H,9H2;2-7,9H,1H3;1H2,2H3;1H3;/q-2;3*-1;+5/b12-11-,15-10+;;;;. The van der Waals surface area contributed by atoms with Crippen molar-refractivity contribution in [1.82, 2.24) is 4.98 Å². The molecule has 0 spiro atoms. The van der Waals surface area contributed by atoms with Crippen molar-refractivity contribution in [3.05, 3.63) is 164 Å². The molecule has 0 aliphatic carbocycles. The third-order valence-corrected chi connectivity index (χ3v) is 4.97. The molecule has 0 fully saturated rings. The van der Waals surface area contributed by atoms with Crippen LogP contribution in [-0.2, 0) is 30.0 Å². The van der Waals surface area contributed by atoms with Crippen LogP contribution in [0.5, 0.6) is 0 Å². The number of hydrogen-bond donors (Lipinski definition) is 0. The van der Waals surface area contributed by atoms with Gasteiger partial charge in [-0.3, -0.25) is 0 Å². The van der Waals surface area contributed by atoms with Crippen LogP contribution in [0.4, 0.5) is 13.2 Å². The Hall–Kier alpha value is -3.59. The van der Waals surface area contributed by atoms with Gasteiger partial charge in [0.05, 0.1) is 5.56 Å². The van der Waals surface area contributed by atoms with Crippen molar-refractivity contribution in [1.29, 1.82) is 0 Å². The molecule has 0 aliphatic rings. The minimum atomic E-state index is -4.38. The molecule has 6 heteroatoms. The van der Waals surface area contributed by atoms with Crippen molar-refractivity contribution in [2.75, 3.05) is 0 Å². The number of pyridine rings is 1. The Kier molecular flexibility index (Phi) is 16.9. The second-order valence-corrected chi connectivity index (χ2v) is 7.60. The van der Waals surface area contributed by atoms with Gasteiger partial charge in [-0.2, -0.15) is 62.2 Å². The minimum absolute atomic E-state index is 0. The Bertz CT molecular complexity index is 1270. The van der Waals surface area contributed by atoms with Gasteiger partial charge in [0, 0.05) is 5.69 Å². The summed E-state index contributed by atoms with van der Waals surface area (Å²) in [6.45, 7) is 6.99. The molecule has 0 amide bonds. The van der Waals surface area contributed by atoms with Crippen LogP contribution >= 0.6 is 0 Å². The summed E-state index contributed by atoms with van der Waals surface area (Å²) in [6, 6.07) is 32.6. The van der Waals surface area contributed by atoms with Crippen LogP contribution in [0.2, 0.25) is 0 Å². The van der Waals surface area contributed by atoms with E-state index < -0.39 is 11.7 Å². The van der Waals surface area contributed by atoms with Gasteiger partial charge in [-0.1, -0.05) is 36.4 Å². The molecule has 4 aromatic rings. The molecule has 3 aromatic carbocycles. The first kappa shape index (κ1) is 35.4. The van der Waals surface area contributed by atoms with Crippen molar-refractivity contribution in [3.8, 4) is 11.3 Å². The van der Waals surface area contributed by atoms with Crippen LogP contribution in [-0.4, -0.2) is 4.98 Å². The van der Waals surface area contributed by atoms with E-state index in [9.17, 15) is 13.2 Å². The van der Waals surface area contributed by atoms with E-state index >= 15 is 0 Å². The van der Waals surface area contributed by atoms with Gasteiger partial charge in [0.25, 0.3) is 0 Å². The smallest absolute Gasteiger partial charge is 0.705 e. The zero-order chi connectivity index (χ0) is 27.1. The zero-order valence-electron chi connectivity index (χ0n) is 22.3. The van der Waals surface area contributed by atoms with Gasteiger partial charge < -0.3 is 25.1 Å². The SMILES string of the molecule is Cc1cccc(-c2[c-]cccc2)n1.[CH2-]C.[CH3-].[Cr+5].[NH-]/C=C\C(=C/Cc1[c-]cccc1)c1cccc(C(F)(F)F)c1. The predicted molar refractivity (Wildman–Crippen MR) is 153 cm³/mol. The molecule has 0 aliphatic heterocycles. The van der Waals surface area contributed by atoms with E-state index in [0.717, 1.165) is 40.8 Å². The maximum Gasteiger partial charge on any atom is 5.00 e. The van der Waals surface area contributed by atoms with Crippen molar-refractivity contribution < 1.29 is 30.5 Å². The third-order valence-electron chi connectivity index (χ3n) is 4.97. The molecule has 201 valence electrons. The Morgan fingerprint density at radius 2 is 1.59 bits per heavy atom. The van der Waals surface area contributed by atoms with Crippen molar-refractivity contribution in [3.63, 3.8) is 0 Å². The third kappa shape index (κ3) is 12.2.